The maximum atomic E-state index is 11.3. The molecule has 1 heterocycles. The average Bonchev–Trinajstić information content (AvgIpc) is 2.36. The van der Waals surface area contributed by atoms with Crippen molar-refractivity contribution < 1.29 is 9.90 Å². The monoisotopic (exact) mass is 228 g/mol. The van der Waals surface area contributed by atoms with Crippen molar-refractivity contribution in [3.63, 3.8) is 0 Å². The Labute approximate surface area is 98.2 Å². The fraction of sp³-hybridized carbons (Fsp3) is 0.917. The maximum Gasteiger partial charge on any atom is 0.320 e. The average molecular weight is 228 g/mol. The largest absolute Gasteiger partial charge is 0.480 e. The Morgan fingerprint density at radius 3 is 2.75 bits per heavy atom. The third-order valence-electron chi connectivity index (χ3n) is 3.35. The molecule has 1 fully saturated rings. The second-order valence-corrected chi connectivity index (χ2v) is 4.85. The minimum Gasteiger partial charge on any atom is -0.480 e. The van der Waals surface area contributed by atoms with Gasteiger partial charge in [-0.25, -0.2) is 0 Å². The maximum absolute atomic E-state index is 11.3. The number of rotatable bonds is 4. The highest BCUT2D eigenvalue weighted by atomic mass is 16.4. The first kappa shape index (κ1) is 13.5. The molecule has 1 aliphatic heterocycles. The van der Waals surface area contributed by atoms with Gasteiger partial charge >= 0.3 is 5.97 Å². The normalized spacial score (nSPS) is 26.3. The van der Waals surface area contributed by atoms with E-state index in [1.165, 1.54) is 0 Å². The lowest BCUT2D eigenvalue weighted by Gasteiger charge is -2.33. The number of likely N-dealkylation sites (N-methyl/N-ethyl adjacent to an activating group) is 1. The van der Waals surface area contributed by atoms with Gasteiger partial charge in [-0.3, -0.25) is 9.69 Å². The number of hydrogen-bond donors (Lipinski definition) is 1. The predicted octanol–water partition coefficient (Wildman–Crippen LogP) is 1.27. The van der Waals surface area contributed by atoms with Crippen LogP contribution in [-0.4, -0.2) is 59.6 Å². The molecule has 0 aromatic heterocycles. The van der Waals surface area contributed by atoms with Gasteiger partial charge in [0.1, 0.15) is 6.04 Å². The minimum atomic E-state index is -0.668. The van der Waals surface area contributed by atoms with Gasteiger partial charge in [-0.1, -0.05) is 13.3 Å². The van der Waals surface area contributed by atoms with Gasteiger partial charge in [0.2, 0.25) is 0 Å². The number of hydrogen-bond acceptors (Lipinski definition) is 3. The van der Waals surface area contributed by atoms with Crippen molar-refractivity contribution in [1.29, 1.82) is 0 Å². The fourth-order valence-electron chi connectivity index (χ4n) is 2.56. The summed E-state index contributed by atoms with van der Waals surface area (Å²) in [5.41, 5.74) is 0. The zero-order valence-electron chi connectivity index (χ0n) is 10.6. The van der Waals surface area contributed by atoms with Crippen molar-refractivity contribution in [2.24, 2.45) is 0 Å². The molecule has 0 aromatic rings. The van der Waals surface area contributed by atoms with Crippen molar-refractivity contribution in [3.05, 3.63) is 0 Å². The van der Waals surface area contributed by atoms with Crippen LogP contribution in [0.25, 0.3) is 0 Å². The molecule has 0 aromatic carbocycles. The molecule has 2 unspecified atom stereocenters. The molecular weight excluding hydrogens is 204 g/mol. The zero-order chi connectivity index (χ0) is 12.1. The highest BCUT2D eigenvalue weighted by Gasteiger charge is 2.30. The molecule has 2 atom stereocenters. The second kappa shape index (κ2) is 6.21. The van der Waals surface area contributed by atoms with Gasteiger partial charge in [0.25, 0.3) is 0 Å². The van der Waals surface area contributed by atoms with Crippen LogP contribution in [0.1, 0.15) is 33.1 Å². The van der Waals surface area contributed by atoms with Gasteiger partial charge in [-0.15, -0.1) is 0 Å². The number of carboxylic acids is 1. The van der Waals surface area contributed by atoms with E-state index in [9.17, 15) is 9.90 Å². The van der Waals surface area contributed by atoms with Crippen molar-refractivity contribution in [3.8, 4) is 0 Å². The van der Waals surface area contributed by atoms with Crippen molar-refractivity contribution in [1.82, 2.24) is 9.80 Å². The van der Waals surface area contributed by atoms with Crippen molar-refractivity contribution >= 4 is 5.97 Å². The Kier molecular flexibility index (Phi) is 5.22. The quantitative estimate of drug-likeness (QED) is 0.787. The third-order valence-corrected chi connectivity index (χ3v) is 3.35. The summed E-state index contributed by atoms with van der Waals surface area (Å²) in [6.45, 7) is 7.12. The summed E-state index contributed by atoms with van der Waals surface area (Å²) in [5, 5.41) is 9.28. The van der Waals surface area contributed by atoms with Crippen LogP contribution in [-0.2, 0) is 4.79 Å². The molecule has 0 saturated carbocycles. The third kappa shape index (κ3) is 3.46. The van der Waals surface area contributed by atoms with Gasteiger partial charge < -0.3 is 10.0 Å². The van der Waals surface area contributed by atoms with Gasteiger partial charge in [-0.05, 0) is 33.4 Å². The van der Waals surface area contributed by atoms with E-state index in [1.54, 1.807) is 0 Å². The van der Waals surface area contributed by atoms with Crippen molar-refractivity contribution in [2.45, 2.75) is 45.2 Å². The van der Waals surface area contributed by atoms with E-state index in [4.69, 9.17) is 0 Å². The molecule has 0 spiro atoms. The van der Waals surface area contributed by atoms with E-state index < -0.39 is 5.97 Å². The molecule has 1 saturated heterocycles. The van der Waals surface area contributed by atoms with E-state index in [-0.39, 0.29) is 6.04 Å². The van der Waals surface area contributed by atoms with E-state index in [0.717, 1.165) is 38.9 Å². The van der Waals surface area contributed by atoms with Gasteiger partial charge in [0.05, 0.1) is 0 Å². The fourth-order valence-corrected chi connectivity index (χ4v) is 2.56. The summed E-state index contributed by atoms with van der Waals surface area (Å²) in [4.78, 5) is 15.7. The van der Waals surface area contributed by atoms with E-state index in [2.05, 4.69) is 23.8 Å². The molecule has 0 bridgehead atoms. The summed E-state index contributed by atoms with van der Waals surface area (Å²) in [6, 6.07) is 0.0339. The molecule has 94 valence electrons. The van der Waals surface area contributed by atoms with Crippen LogP contribution in [0.4, 0.5) is 0 Å². The van der Waals surface area contributed by atoms with Gasteiger partial charge in [-0.2, -0.15) is 0 Å². The molecule has 1 rings (SSSR count). The first-order chi connectivity index (χ1) is 7.56. The van der Waals surface area contributed by atoms with Crippen LogP contribution in [0, 0.1) is 0 Å². The summed E-state index contributed by atoms with van der Waals surface area (Å²) in [6.07, 6.45) is 2.74. The summed E-state index contributed by atoms with van der Waals surface area (Å²) in [7, 11) is 2.11. The molecule has 4 heteroatoms. The Hall–Kier alpha value is -0.610. The molecule has 0 amide bonds. The molecule has 4 nitrogen and oxygen atoms in total. The Bertz CT molecular complexity index is 233. The summed E-state index contributed by atoms with van der Waals surface area (Å²) in [5.74, 6) is -0.668. The van der Waals surface area contributed by atoms with Crippen LogP contribution >= 0.6 is 0 Å². The summed E-state index contributed by atoms with van der Waals surface area (Å²) < 4.78 is 0. The van der Waals surface area contributed by atoms with Crippen LogP contribution in [0.5, 0.6) is 0 Å². The Morgan fingerprint density at radius 2 is 2.19 bits per heavy atom. The number of nitrogens with zero attached hydrogens (tertiary/aromatic N) is 2. The molecule has 0 radical (unpaired) electrons. The first-order valence-corrected chi connectivity index (χ1v) is 6.23. The first-order valence-electron chi connectivity index (χ1n) is 6.23. The predicted molar refractivity (Wildman–Crippen MR) is 64.6 cm³/mol. The number of carboxylic acid groups (broad SMARTS) is 1. The molecule has 1 N–H and O–H groups in total. The highest BCUT2D eigenvalue weighted by Crippen LogP contribution is 2.16. The minimum absolute atomic E-state index is 0.300. The lowest BCUT2D eigenvalue weighted by atomic mass is 10.1. The zero-order valence-corrected chi connectivity index (χ0v) is 10.6. The molecule has 0 aliphatic carbocycles. The van der Waals surface area contributed by atoms with Crippen LogP contribution in [0.15, 0.2) is 0 Å². The lowest BCUT2D eigenvalue weighted by molar-refractivity contribution is -0.144. The van der Waals surface area contributed by atoms with Gasteiger partial charge in [0.15, 0.2) is 0 Å². The second-order valence-electron chi connectivity index (χ2n) is 4.85. The number of aliphatic carboxylic acids is 1. The Morgan fingerprint density at radius 1 is 1.50 bits per heavy atom. The molecule has 1 aliphatic rings. The molecule has 16 heavy (non-hydrogen) atoms. The van der Waals surface area contributed by atoms with Crippen LogP contribution in [0.2, 0.25) is 0 Å². The lowest BCUT2D eigenvalue weighted by Crippen LogP contribution is -2.48. The van der Waals surface area contributed by atoms with E-state index >= 15 is 0 Å². The van der Waals surface area contributed by atoms with Gasteiger partial charge in [0, 0.05) is 19.1 Å². The smallest absolute Gasteiger partial charge is 0.320 e. The number of carbonyl (C=O) groups is 1. The SMILES string of the molecule is CCCC(C(=O)O)N1CCCN(C)CC1C. The molecular formula is C12H24N2O2. The van der Waals surface area contributed by atoms with E-state index in [1.807, 2.05) is 6.92 Å². The van der Waals surface area contributed by atoms with Crippen LogP contribution < -0.4 is 0 Å². The standard InChI is InChI=1S/C12H24N2O2/c1-4-6-11(12(15)16)14-8-5-7-13(3)9-10(14)2/h10-11H,4-9H2,1-3H3,(H,15,16). The topological polar surface area (TPSA) is 43.8 Å². The van der Waals surface area contributed by atoms with Crippen molar-refractivity contribution in [2.75, 3.05) is 26.7 Å². The van der Waals surface area contributed by atoms with E-state index in [0.29, 0.717) is 6.04 Å². The summed E-state index contributed by atoms with van der Waals surface area (Å²) >= 11 is 0. The highest BCUT2D eigenvalue weighted by molar-refractivity contribution is 5.73. The van der Waals surface area contributed by atoms with Crippen LogP contribution in [0.3, 0.4) is 0 Å². The Balaban J connectivity index is 2.70.